The fourth-order valence-electron chi connectivity index (χ4n) is 3.97. The van der Waals surface area contributed by atoms with Crippen LogP contribution in [0.3, 0.4) is 0 Å². The molecular weight excluding hydrogens is 381 g/mol. The van der Waals surface area contributed by atoms with Gasteiger partial charge in [-0.25, -0.2) is 9.40 Å². The molecule has 3 unspecified atom stereocenters. The van der Waals surface area contributed by atoms with Crippen molar-refractivity contribution in [2.24, 2.45) is 11.1 Å². The number of carbonyl (C=O) groups excluding carboxylic acids is 2. The SMILES string of the molecule is CC(C)(C)CC(=O)NN1C(=O)C(N)CC(c2ccccc2)CC1c1ccc(F)cc1. The number of amides is 2. The number of nitrogens with two attached hydrogens (primary N) is 1. The lowest BCUT2D eigenvalue weighted by Crippen LogP contribution is -2.53. The predicted molar refractivity (Wildman–Crippen MR) is 115 cm³/mol. The summed E-state index contributed by atoms with van der Waals surface area (Å²) >= 11 is 0. The Kier molecular flexibility index (Phi) is 6.56. The second-order valence-electron chi connectivity index (χ2n) is 9.23. The van der Waals surface area contributed by atoms with Crippen LogP contribution >= 0.6 is 0 Å². The summed E-state index contributed by atoms with van der Waals surface area (Å²) in [6.45, 7) is 5.89. The summed E-state index contributed by atoms with van der Waals surface area (Å²) < 4.78 is 13.5. The number of rotatable bonds is 4. The molecule has 3 atom stereocenters. The van der Waals surface area contributed by atoms with Gasteiger partial charge in [0.2, 0.25) is 5.91 Å². The van der Waals surface area contributed by atoms with Crippen LogP contribution in [0.15, 0.2) is 54.6 Å². The van der Waals surface area contributed by atoms with Crippen molar-refractivity contribution in [3.8, 4) is 0 Å². The molecule has 3 N–H and O–H groups in total. The Morgan fingerprint density at radius 2 is 1.70 bits per heavy atom. The number of carbonyl (C=O) groups is 2. The maximum atomic E-state index is 13.5. The molecule has 3 rings (SSSR count). The Hall–Kier alpha value is -2.73. The van der Waals surface area contributed by atoms with Crippen molar-refractivity contribution in [2.45, 2.75) is 58.0 Å². The highest BCUT2D eigenvalue weighted by molar-refractivity contribution is 5.86. The molecule has 30 heavy (non-hydrogen) atoms. The second-order valence-corrected chi connectivity index (χ2v) is 9.23. The average Bonchev–Trinajstić information content (AvgIpc) is 2.80. The van der Waals surface area contributed by atoms with Crippen molar-refractivity contribution in [1.29, 1.82) is 0 Å². The van der Waals surface area contributed by atoms with Gasteiger partial charge in [0.25, 0.3) is 5.91 Å². The highest BCUT2D eigenvalue weighted by Gasteiger charge is 2.38. The van der Waals surface area contributed by atoms with Gasteiger partial charge in [-0.1, -0.05) is 63.2 Å². The Morgan fingerprint density at radius 1 is 1.07 bits per heavy atom. The Labute approximate surface area is 177 Å². The van der Waals surface area contributed by atoms with Crippen LogP contribution in [0.1, 0.15) is 63.1 Å². The van der Waals surface area contributed by atoms with E-state index in [2.05, 4.69) is 5.43 Å². The van der Waals surface area contributed by atoms with Crippen LogP contribution in [0, 0.1) is 11.2 Å². The maximum absolute atomic E-state index is 13.5. The highest BCUT2D eigenvalue weighted by Crippen LogP contribution is 2.38. The van der Waals surface area contributed by atoms with Gasteiger partial charge in [-0.2, -0.15) is 0 Å². The van der Waals surface area contributed by atoms with Crippen LogP contribution in [0.4, 0.5) is 4.39 Å². The van der Waals surface area contributed by atoms with Crippen LogP contribution in [0.2, 0.25) is 0 Å². The molecule has 160 valence electrons. The van der Waals surface area contributed by atoms with Gasteiger partial charge in [0, 0.05) is 6.42 Å². The summed E-state index contributed by atoms with van der Waals surface area (Å²) in [5.74, 6) is -0.888. The topological polar surface area (TPSA) is 75.4 Å². The third-order valence-electron chi connectivity index (χ3n) is 5.37. The van der Waals surface area contributed by atoms with E-state index in [9.17, 15) is 14.0 Å². The van der Waals surface area contributed by atoms with Gasteiger partial charge in [0.1, 0.15) is 5.82 Å². The lowest BCUT2D eigenvalue weighted by atomic mass is 9.86. The zero-order valence-electron chi connectivity index (χ0n) is 17.8. The number of nitrogens with one attached hydrogen (secondary N) is 1. The Bertz CT molecular complexity index is 878. The summed E-state index contributed by atoms with van der Waals surface area (Å²) in [6, 6.07) is 14.8. The maximum Gasteiger partial charge on any atom is 0.258 e. The van der Waals surface area contributed by atoms with Crippen LogP contribution < -0.4 is 11.2 Å². The standard InChI is InChI=1S/C24H30FN3O2/c1-24(2,3)15-22(29)27-28-21(17-9-11-19(25)12-10-17)14-18(13-20(26)23(28)30)16-7-5-4-6-8-16/h4-12,18,20-21H,13-15,26H2,1-3H3,(H,27,29). The lowest BCUT2D eigenvalue weighted by molar-refractivity contribution is -0.145. The van der Waals surface area contributed by atoms with Crippen LogP contribution in [0.5, 0.6) is 0 Å². The normalized spacial score (nSPS) is 22.5. The molecule has 6 heteroatoms. The molecule has 1 fully saturated rings. The number of hydrogen-bond donors (Lipinski definition) is 2. The zero-order chi connectivity index (χ0) is 21.9. The fourth-order valence-corrected chi connectivity index (χ4v) is 3.97. The molecule has 2 amide bonds. The van der Waals surface area contributed by atoms with Gasteiger partial charge in [0.05, 0.1) is 12.1 Å². The smallest absolute Gasteiger partial charge is 0.258 e. The molecule has 0 bridgehead atoms. The van der Waals surface area contributed by atoms with Crippen molar-refractivity contribution in [2.75, 3.05) is 0 Å². The molecule has 1 saturated heterocycles. The molecule has 1 aliphatic heterocycles. The largest absolute Gasteiger partial charge is 0.320 e. The molecule has 1 aliphatic rings. The molecule has 2 aromatic carbocycles. The van der Waals surface area contributed by atoms with E-state index in [1.165, 1.54) is 17.1 Å². The molecule has 1 heterocycles. The number of benzene rings is 2. The van der Waals surface area contributed by atoms with Gasteiger partial charge in [0.15, 0.2) is 0 Å². The van der Waals surface area contributed by atoms with Crippen LogP contribution in [0.25, 0.3) is 0 Å². The number of hydrogen-bond acceptors (Lipinski definition) is 3. The van der Waals surface area contributed by atoms with Gasteiger partial charge in [-0.15, -0.1) is 0 Å². The zero-order valence-corrected chi connectivity index (χ0v) is 17.8. The van der Waals surface area contributed by atoms with Gasteiger partial charge < -0.3 is 5.73 Å². The minimum Gasteiger partial charge on any atom is -0.320 e. The monoisotopic (exact) mass is 411 g/mol. The molecule has 2 aromatic rings. The van der Waals surface area contributed by atoms with Crippen molar-refractivity contribution >= 4 is 11.8 Å². The van der Waals surface area contributed by atoms with E-state index in [1.807, 2.05) is 51.1 Å². The summed E-state index contributed by atoms with van der Waals surface area (Å²) in [7, 11) is 0. The Morgan fingerprint density at radius 3 is 2.30 bits per heavy atom. The van der Waals surface area contributed by atoms with E-state index in [-0.39, 0.29) is 35.4 Å². The summed E-state index contributed by atoms with van der Waals surface area (Å²) in [5, 5.41) is 1.37. The van der Waals surface area contributed by atoms with E-state index in [0.717, 1.165) is 11.1 Å². The molecule has 0 saturated carbocycles. The first kappa shape index (κ1) is 22.0. The van der Waals surface area contributed by atoms with Crippen molar-refractivity contribution in [3.05, 3.63) is 71.5 Å². The van der Waals surface area contributed by atoms with Gasteiger partial charge in [-0.3, -0.25) is 15.0 Å². The van der Waals surface area contributed by atoms with Crippen molar-refractivity contribution < 1.29 is 14.0 Å². The van der Waals surface area contributed by atoms with E-state index < -0.39 is 12.1 Å². The molecule has 0 aliphatic carbocycles. The minimum absolute atomic E-state index is 0.0321. The first-order chi connectivity index (χ1) is 14.1. The molecular formula is C24H30FN3O2. The summed E-state index contributed by atoms with van der Waals surface area (Å²) in [6.07, 6.45) is 1.32. The lowest BCUT2D eigenvalue weighted by Gasteiger charge is -2.33. The minimum atomic E-state index is -0.740. The molecule has 0 spiro atoms. The van der Waals surface area contributed by atoms with Crippen molar-refractivity contribution in [1.82, 2.24) is 10.4 Å². The fraction of sp³-hybridized carbons (Fsp3) is 0.417. The molecule has 0 aromatic heterocycles. The van der Waals surface area contributed by atoms with Crippen molar-refractivity contribution in [3.63, 3.8) is 0 Å². The Balaban J connectivity index is 1.97. The third-order valence-corrected chi connectivity index (χ3v) is 5.37. The van der Waals surface area contributed by atoms with Crippen LogP contribution in [-0.4, -0.2) is 22.9 Å². The highest BCUT2D eigenvalue weighted by atomic mass is 19.1. The molecule has 0 radical (unpaired) electrons. The van der Waals surface area contributed by atoms with E-state index >= 15 is 0 Å². The second kappa shape index (κ2) is 8.96. The van der Waals surface area contributed by atoms with E-state index in [4.69, 9.17) is 5.73 Å². The number of hydrazine groups is 1. The quantitative estimate of drug-likeness (QED) is 0.796. The van der Waals surface area contributed by atoms with E-state index in [1.54, 1.807) is 12.1 Å². The average molecular weight is 412 g/mol. The predicted octanol–water partition coefficient (Wildman–Crippen LogP) is 4.07. The van der Waals surface area contributed by atoms with E-state index in [0.29, 0.717) is 12.8 Å². The first-order valence-electron chi connectivity index (χ1n) is 10.3. The van der Waals surface area contributed by atoms with Gasteiger partial charge in [-0.05, 0) is 47.4 Å². The number of nitrogens with zero attached hydrogens (tertiary/aromatic N) is 1. The number of halogens is 1. The van der Waals surface area contributed by atoms with Crippen LogP contribution in [-0.2, 0) is 9.59 Å². The third kappa shape index (κ3) is 5.45. The summed E-state index contributed by atoms with van der Waals surface area (Å²) in [4.78, 5) is 25.9. The molecule has 5 nitrogen and oxygen atoms in total. The van der Waals surface area contributed by atoms with Gasteiger partial charge >= 0.3 is 0 Å². The summed E-state index contributed by atoms with van der Waals surface area (Å²) in [5.41, 5.74) is 10.7. The first-order valence-corrected chi connectivity index (χ1v) is 10.3.